The molecule has 1 aliphatic heterocycles. The third kappa shape index (κ3) is 2.29. The molecule has 0 radical (unpaired) electrons. The van der Waals surface area contributed by atoms with Gasteiger partial charge in [0.1, 0.15) is 6.54 Å². The van der Waals surface area contributed by atoms with Gasteiger partial charge in [-0.1, -0.05) is 18.2 Å². The van der Waals surface area contributed by atoms with Crippen LogP contribution in [0.1, 0.15) is 25.8 Å². The first-order chi connectivity index (χ1) is 11.1. The average Bonchev–Trinajstić information content (AvgIpc) is 3.25. The lowest BCUT2D eigenvalue weighted by molar-refractivity contribution is -0.146. The Bertz CT molecular complexity index is 671. The van der Waals surface area contributed by atoms with E-state index in [4.69, 9.17) is 9.47 Å². The van der Waals surface area contributed by atoms with E-state index in [0.29, 0.717) is 12.1 Å². The van der Waals surface area contributed by atoms with Gasteiger partial charge in [0, 0.05) is 5.69 Å². The second-order valence-electron chi connectivity index (χ2n) is 5.69. The maximum atomic E-state index is 12.9. The van der Waals surface area contributed by atoms with Crippen molar-refractivity contribution in [2.75, 3.05) is 24.7 Å². The first-order valence-electron chi connectivity index (χ1n) is 7.80. The summed E-state index contributed by atoms with van der Waals surface area (Å²) in [5.74, 6) is -1.50. The fraction of sp³-hybridized carbons (Fsp3) is 0.471. The topological polar surface area (TPSA) is 72.9 Å². The van der Waals surface area contributed by atoms with Gasteiger partial charge >= 0.3 is 11.9 Å². The highest BCUT2D eigenvalue weighted by molar-refractivity contribution is 6.15. The molecule has 1 heterocycles. The van der Waals surface area contributed by atoms with Crippen molar-refractivity contribution < 1.29 is 23.9 Å². The number of para-hydroxylation sites is 1. The minimum Gasteiger partial charge on any atom is -0.466 e. The van der Waals surface area contributed by atoms with Crippen LogP contribution in [0.3, 0.4) is 0 Å². The summed E-state index contributed by atoms with van der Waals surface area (Å²) in [6.45, 7) is 3.87. The van der Waals surface area contributed by atoms with Crippen molar-refractivity contribution in [3.05, 3.63) is 29.8 Å². The highest BCUT2D eigenvalue weighted by Gasteiger charge is 2.70. The van der Waals surface area contributed by atoms with Gasteiger partial charge in [0.15, 0.2) is 0 Å². The lowest BCUT2D eigenvalue weighted by atomic mass is 9.95. The fourth-order valence-corrected chi connectivity index (χ4v) is 3.37. The minimum absolute atomic E-state index is 0.138. The molecule has 1 aliphatic carbocycles. The van der Waals surface area contributed by atoms with E-state index < -0.39 is 17.3 Å². The maximum absolute atomic E-state index is 12.9. The number of benzene rings is 1. The number of carbonyl (C=O) groups excluding carboxylic acids is 3. The molecular weight excluding hydrogens is 298 g/mol. The van der Waals surface area contributed by atoms with E-state index in [2.05, 4.69) is 0 Å². The molecule has 1 amide bonds. The van der Waals surface area contributed by atoms with Gasteiger partial charge in [0.05, 0.1) is 24.5 Å². The lowest BCUT2D eigenvalue weighted by Gasteiger charge is -2.17. The van der Waals surface area contributed by atoms with Crippen molar-refractivity contribution in [2.24, 2.45) is 5.92 Å². The molecule has 0 bridgehead atoms. The smallest absolute Gasteiger partial charge is 0.326 e. The zero-order chi connectivity index (χ0) is 16.6. The van der Waals surface area contributed by atoms with E-state index in [9.17, 15) is 14.4 Å². The van der Waals surface area contributed by atoms with Crippen LogP contribution < -0.4 is 4.90 Å². The fourth-order valence-electron chi connectivity index (χ4n) is 3.37. The summed E-state index contributed by atoms with van der Waals surface area (Å²) < 4.78 is 10.0. The predicted molar refractivity (Wildman–Crippen MR) is 81.8 cm³/mol. The number of rotatable bonds is 5. The summed E-state index contributed by atoms with van der Waals surface area (Å²) in [7, 11) is 0. The first-order valence-corrected chi connectivity index (χ1v) is 7.80. The van der Waals surface area contributed by atoms with Gasteiger partial charge in [-0.2, -0.15) is 0 Å². The van der Waals surface area contributed by atoms with Crippen molar-refractivity contribution in [1.82, 2.24) is 0 Å². The molecule has 2 aliphatic rings. The third-order valence-corrected chi connectivity index (χ3v) is 4.43. The molecule has 0 aromatic heterocycles. The number of nitrogens with zero attached hydrogens (tertiary/aromatic N) is 1. The number of esters is 2. The summed E-state index contributed by atoms with van der Waals surface area (Å²) >= 11 is 0. The summed E-state index contributed by atoms with van der Waals surface area (Å²) in [6.07, 6.45) is 0.432. The number of ether oxygens (including phenoxy) is 2. The zero-order valence-corrected chi connectivity index (χ0v) is 13.2. The Morgan fingerprint density at radius 2 is 1.91 bits per heavy atom. The summed E-state index contributed by atoms with van der Waals surface area (Å²) in [5.41, 5.74) is 0.611. The highest BCUT2D eigenvalue weighted by Crippen LogP contribution is 2.62. The van der Waals surface area contributed by atoms with Crippen LogP contribution in [0.25, 0.3) is 0 Å². The van der Waals surface area contributed by atoms with E-state index in [0.717, 1.165) is 5.56 Å². The number of fused-ring (bicyclic) bond motifs is 2. The molecular formula is C17H19NO5. The van der Waals surface area contributed by atoms with E-state index in [-0.39, 0.29) is 31.6 Å². The van der Waals surface area contributed by atoms with Crippen LogP contribution >= 0.6 is 0 Å². The van der Waals surface area contributed by atoms with Crippen molar-refractivity contribution in [2.45, 2.75) is 25.7 Å². The third-order valence-electron chi connectivity index (χ3n) is 4.43. The largest absolute Gasteiger partial charge is 0.466 e. The number of anilines is 1. The van der Waals surface area contributed by atoms with E-state index in [1.165, 1.54) is 4.90 Å². The molecule has 0 saturated heterocycles. The molecule has 6 nitrogen and oxygen atoms in total. The highest BCUT2D eigenvalue weighted by atomic mass is 16.5. The molecule has 122 valence electrons. The first kappa shape index (κ1) is 15.5. The van der Waals surface area contributed by atoms with Crippen molar-refractivity contribution in [3.8, 4) is 0 Å². The molecule has 1 spiro atoms. The van der Waals surface area contributed by atoms with Gasteiger partial charge < -0.3 is 14.4 Å². The molecule has 0 unspecified atom stereocenters. The van der Waals surface area contributed by atoms with Crippen LogP contribution in [-0.2, 0) is 29.3 Å². The summed E-state index contributed by atoms with van der Waals surface area (Å²) in [4.78, 5) is 38.2. The normalized spacial score (nSPS) is 24.5. The van der Waals surface area contributed by atoms with Crippen LogP contribution in [0.5, 0.6) is 0 Å². The number of hydrogen-bond donors (Lipinski definition) is 0. The van der Waals surface area contributed by atoms with Crippen LogP contribution in [0.2, 0.25) is 0 Å². The number of hydrogen-bond acceptors (Lipinski definition) is 5. The molecule has 1 aromatic rings. The van der Waals surface area contributed by atoms with E-state index in [1.54, 1.807) is 19.9 Å². The Balaban J connectivity index is 1.91. The summed E-state index contributed by atoms with van der Waals surface area (Å²) in [5, 5.41) is 0. The van der Waals surface area contributed by atoms with Gasteiger partial charge in [-0.3, -0.25) is 14.4 Å². The van der Waals surface area contributed by atoms with Gasteiger partial charge in [-0.25, -0.2) is 0 Å². The SMILES string of the molecule is CCOC(=O)CN1C(=O)[C@@]2(C[C@@H]2C(=O)OCC)c2ccccc21. The predicted octanol–water partition coefficient (Wildman–Crippen LogP) is 1.42. The van der Waals surface area contributed by atoms with Crippen molar-refractivity contribution in [3.63, 3.8) is 0 Å². The Kier molecular flexibility index (Phi) is 3.83. The Morgan fingerprint density at radius 1 is 1.22 bits per heavy atom. The van der Waals surface area contributed by atoms with E-state index in [1.807, 2.05) is 18.2 Å². The molecule has 6 heteroatoms. The lowest BCUT2D eigenvalue weighted by Crippen LogP contribution is -2.38. The monoisotopic (exact) mass is 317 g/mol. The molecule has 2 atom stereocenters. The standard InChI is InChI=1S/C17H19NO5/c1-3-22-14(19)10-18-13-8-6-5-7-11(13)17(16(18)21)9-12(17)15(20)23-4-2/h5-8,12H,3-4,9-10H2,1-2H3/t12-,17+/m1/s1. The maximum Gasteiger partial charge on any atom is 0.326 e. The molecule has 1 aromatic carbocycles. The molecule has 3 rings (SSSR count). The molecule has 0 N–H and O–H groups in total. The van der Waals surface area contributed by atoms with Crippen LogP contribution in [0.4, 0.5) is 5.69 Å². The van der Waals surface area contributed by atoms with E-state index >= 15 is 0 Å². The van der Waals surface area contributed by atoms with Crippen molar-refractivity contribution >= 4 is 23.5 Å². The molecule has 1 saturated carbocycles. The number of amides is 1. The molecule has 1 fully saturated rings. The quantitative estimate of drug-likeness (QED) is 0.768. The Hall–Kier alpha value is -2.37. The van der Waals surface area contributed by atoms with Crippen LogP contribution in [0, 0.1) is 5.92 Å². The van der Waals surface area contributed by atoms with Crippen LogP contribution in [-0.4, -0.2) is 37.6 Å². The van der Waals surface area contributed by atoms with Crippen molar-refractivity contribution in [1.29, 1.82) is 0 Å². The zero-order valence-electron chi connectivity index (χ0n) is 13.2. The van der Waals surface area contributed by atoms with Gasteiger partial charge in [0.2, 0.25) is 5.91 Å². The Morgan fingerprint density at radius 3 is 2.61 bits per heavy atom. The number of carbonyl (C=O) groups is 3. The Labute approximate surface area is 134 Å². The second kappa shape index (κ2) is 5.68. The summed E-state index contributed by atoms with van der Waals surface area (Å²) in [6, 6.07) is 7.28. The second-order valence-corrected chi connectivity index (χ2v) is 5.69. The van der Waals surface area contributed by atoms with Crippen LogP contribution in [0.15, 0.2) is 24.3 Å². The molecule has 23 heavy (non-hydrogen) atoms. The van der Waals surface area contributed by atoms with Gasteiger partial charge in [-0.05, 0) is 31.9 Å². The van der Waals surface area contributed by atoms with Gasteiger partial charge in [-0.15, -0.1) is 0 Å². The minimum atomic E-state index is -0.866. The average molecular weight is 317 g/mol. The van der Waals surface area contributed by atoms with Gasteiger partial charge in [0.25, 0.3) is 0 Å².